The molecule has 0 saturated carbocycles. The number of benzene rings is 2. The van der Waals surface area contributed by atoms with Gasteiger partial charge in [-0.15, -0.1) is 0 Å². The number of nitriles is 1. The third kappa shape index (κ3) is 3.28. The molecule has 2 aromatic heterocycles. The Kier molecular flexibility index (Phi) is 4.68. The van der Waals surface area contributed by atoms with Crippen LogP contribution in [0.5, 0.6) is 0 Å². The lowest BCUT2D eigenvalue weighted by atomic mass is 10.0. The summed E-state index contributed by atoms with van der Waals surface area (Å²) in [6.07, 6.45) is 1.71. The van der Waals surface area contributed by atoms with Crippen molar-refractivity contribution in [2.45, 2.75) is 19.9 Å². The van der Waals surface area contributed by atoms with Gasteiger partial charge in [-0.1, -0.05) is 41.9 Å². The molecule has 28 heavy (non-hydrogen) atoms. The van der Waals surface area contributed by atoms with Gasteiger partial charge in [0.05, 0.1) is 28.1 Å². The number of fused-ring (bicyclic) bond motifs is 1. The average molecular weight is 389 g/mol. The summed E-state index contributed by atoms with van der Waals surface area (Å²) in [4.78, 5) is 9.41. The van der Waals surface area contributed by atoms with Crippen molar-refractivity contribution in [1.29, 1.82) is 5.26 Å². The molecule has 0 spiro atoms. The minimum absolute atomic E-state index is 0.118. The van der Waals surface area contributed by atoms with Gasteiger partial charge in [-0.25, -0.2) is 9.97 Å². The van der Waals surface area contributed by atoms with Gasteiger partial charge in [-0.3, -0.25) is 5.10 Å². The lowest BCUT2D eigenvalue weighted by Gasteiger charge is -2.15. The van der Waals surface area contributed by atoms with Crippen LogP contribution in [0.25, 0.3) is 33.4 Å². The number of aromatic nitrogens is 4. The van der Waals surface area contributed by atoms with E-state index in [0.29, 0.717) is 22.2 Å². The van der Waals surface area contributed by atoms with Crippen LogP contribution in [0.2, 0.25) is 5.02 Å². The van der Waals surface area contributed by atoms with Gasteiger partial charge in [0.2, 0.25) is 0 Å². The summed E-state index contributed by atoms with van der Waals surface area (Å²) in [7, 11) is 0. The molecule has 0 bridgehead atoms. The maximum atomic E-state index is 9.62. The molecular formula is C21H17ClN6. The third-order valence-electron chi connectivity index (χ3n) is 4.25. The smallest absolute Gasteiger partial charge is 0.183 e. The SMILES string of the molecule is CC(C)Nc1nc(-c2ccccc2)c(-c2cc(Cl)c3[nH]ncc3c2)nc1C#N. The summed E-state index contributed by atoms with van der Waals surface area (Å²) in [6, 6.07) is 15.8. The van der Waals surface area contributed by atoms with Gasteiger partial charge in [-0.2, -0.15) is 10.4 Å². The zero-order valence-electron chi connectivity index (χ0n) is 15.4. The second-order valence-electron chi connectivity index (χ2n) is 6.69. The first-order valence-corrected chi connectivity index (χ1v) is 9.21. The zero-order chi connectivity index (χ0) is 19.7. The number of nitrogens with one attached hydrogen (secondary N) is 2. The number of aromatic amines is 1. The van der Waals surface area contributed by atoms with E-state index in [1.807, 2.05) is 56.3 Å². The monoisotopic (exact) mass is 388 g/mol. The van der Waals surface area contributed by atoms with Crippen molar-refractivity contribution >= 4 is 28.3 Å². The minimum atomic E-state index is 0.118. The highest BCUT2D eigenvalue weighted by Crippen LogP contribution is 2.35. The van der Waals surface area contributed by atoms with Crippen molar-refractivity contribution in [2.75, 3.05) is 5.32 Å². The molecule has 4 aromatic rings. The first-order chi connectivity index (χ1) is 13.6. The zero-order valence-corrected chi connectivity index (χ0v) is 16.1. The molecular weight excluding hydrogens is 372 g/mol. The summed E-state index contributed by atoms with van der Waals surface area (Å²) in [5, 5.41) is 21.2. The van der Waals surface area contributed by atoms with Gasteiger partial charge < -0.3 is 5.32 Å². The van der Waals surface area contributed by atoms with E-state index in [4.69, 9.17) is 16.6 Å². The van der Waals surface area contributed by atoms with E-state index in [-0.39, 0.29) is 11.7 Å². The van der Waals surface area contributed by atoms with E-state index in [9.17, 15) is 5.26 Å². The second-order valence-corrected chi connectivity index (χ2v) is 7.09. The van der Waals surface area contributed by atoms with Crippen LogP contribution >= 0.6 is 11.6 Å². The van der Waals surface area contributed by atoms with E-state index in [2.05, 4.69) is 26.6 Å². The molecule has 2 heterocycles. The molecule has 0 aliphatic rings. The van der Waals surface area contributed by atoms with Crippen LogP contribution in [-0.4, -0.2) is 26.2 Å². The van der Waals surface area contributed by atoms with Crippen molar-refractivity contribution in [3.05, 3.63) is 59.4 Å². The Hall–Kier alpha value is -3.43. The first kappa shape index (κ1) is 18.0. The van der Waals surface area contributed by atoms with Crippen LogP contribution in [0, 0.1) is 11.3 Å². The number of nitrogens with zero attached hydrogens (tertiary/aromatic N) is 4. The van der Waals surface area contributed by atoms with Crippen LogP contribution in [0.15, 0.2) is 48.7 Å². The van der Waals surface area contributed by atoms with Crippen molar-refractivity contribution in [1.82, 2.24) is 20.2 Å². The molecule has 7 heteroatoms. The standard InChI is InChI=1S/C21H17ClN6/c1-12(2)25-21-17(10-23)26-20(19(27-21)13-6-4-3-5-7-13)14-8-15-11-24-28-18(15)16(22)9-14/h3-9,11-12H,1-2H3,(H,24,28)(H,25,27). The lowest BCUT2D eigenvalue weighted by Crippen LogP contribution is -2.14. The fourth-order valence-electron chi connectivity index (χ4n) is 3.04. The Labute approximate surface area is 167 Å². The van der Waals surface area contributed by atoms with Crippen molar-refractivity contribution in [3.63, 3.8) is 0 Å². The van der Waals surface area contributed by atoms with Crippen LogP contribution in [0.1, 0.15) is 19.5 Å². The quantitative estimate of drug-likeness (QED) is 0.511. The van der Waals surface area contributed by atoms with Crippen LogP contribution in [-0.2, 0) is 0 Å². The number of anilines is 1. The Morgan fingerprint density at radius 3 is 2.54 bits per heavy atom. The Balaban J connectivity index is 2.00. The van der Waals surface area contributed by atoms with Crippen molar-refractivity contribution in [2.24, 2.45) is 0 Å². The summed E-state index contributed by atoms with van der Waals surface area (Å²) in [6.45, 7) is 3.98. The average Bonchev–Trinajstić information content (AvgIpc) is 3.17. The summed E-state index contributed by atoms with van der Waals surface area (Å²) < 4.78 is 0. The van der Waals surface area contributed by atoms with Crippen LogP contribution in [0.3, 0.4) is 0 Å². The molecule has 4 rings (SSSR count). The predicted molar refractivity (Wildman–Crippen MR) is 111 cm³/mol. The number of halogens is 1. The summed E-state index contributed by atoms with van der Waals surface area (Å²) in [5.74, 6) is 0.468. The van der Waals surface area contributed by atoms with Gasteiger partial charge in [0.1, 0.15) is 6.07 Å². The molecule has 0 fully saturated rings. The first-order valence-electron chi connectivity index (χ1n) is 8.84. The number of hydrogen-bond donors (Lipinski definition) is 2. The molecule has 0 radical (unpaired) electrons. The van der Waals surface area contributed by atoms with Gasteiger partial charge >= 0.3 is 0 Å². The highest BCUT2D eigenvalue weighted by Gasteiger charge is 2.18. The van der Waals surface area contributed by atoms with E-state index in [1.165, 1.54) is 0 Å². The molecule has 0 saturated heterocycles. The summed E-state index contributed by atoms with van der Waals surface area (Å²) >= 11 is 6.43. The molecule has 0 amide bonds. The molecule has 2 aromatic carbocycles. The molecule has 138 valence electrons. The molecule has 2 N–H and O–H groups in total. The second kappa shape index (κ2) is 7.29. The molecule has 0 atom stereocenters. The van der Waals surface area contributed by atoms with E-state index >= 15 is 0 Å². The maximum absolute atomic E-state index is 9.62. The normalized spacial score (nSPS) is 11.0. The number of rotatable bonds is 4. The highest BCUT2D eigenvalue weighted by molar-refractivity contribution is 6.35. The number of H-pyrrole nitrogens is 1. The third-order valence-corrected chi connectivity index (χ3v) is 4.55. The lowest BCUT2D eigenvalue weighted by molar-refractivity contribution is 0.884. The Morgan fingerprint density at radius 2 is 1.82 bits per heavy atom. The van der Waals surface area contributed by atoms with Crippen molar-refractivity contribution in [3.8, 4) is 28.6 Å². The maximum Gasteiger partial charge on any atom is 0.183 e. The molecule has 0 aliphatic carbocycles. The van der Waals surface area contributed by atoms with Crippen LogP contribution < -0.4 is 5.32 Å². The largest absolute Gasteiger partial charge is 0.365 e. The Bertz CT molecular complexity index is 1190. The molecule has 6 nitrogen and oxygen atoms in total. The van der Waals surface area contributed by atoms with E-state index in [0.717, 1.165) is 22.0 Å². The highest BCUT2D eigenvalue weighted by atomic mass is 35.5. The number of hydrogen-bond acceptors (Lipinski definition) is 5. The van der Waals surface area contributed by atoms with E-state index < -0.39 is 0 Å². The van der Waals surface area contributed by atoms with Crippen LogP contribution in [0.4, 0.5) is 5.82 Å². The fraction of sp³-hybridized carbons (Fsp3) is 0.143. The summed E-state index contributed by atoms with van der Waals surface area (Å²) in [5.41, 5.74) is 3.97. The van der Waals surface area contributed by atoms with Gasteiger partial charge in [0, 0.05) is 22.6 Å². The molecule has 0 aliphatic heterocycles. The topological polar surface area (TPSA) is 90.3 Å². The molecule has 0 unspecified atom stereocenters. The fourth-order valence-corrected chi connectivity index (χ4v) is 3.31. The van der Waals surface area contributed by atoms with Gasteiger partial charge in [0.25, 0.3) is 0 Å². The van der Waals surface area contributed by atoms with Gasteiger partial charge in [0.15, 0.2) is 11.5 Å². The van der Waals surface area contributed by atoms with Crippen molar-refractivity contribution < 1.29 is 0 Å². The minimum Gasteiger partial charge on any atom is -0.365 e. The van der Waals surface area contributed by atoms with E-state index in [1.54, 1.807) is 6.20 Å². The van der Waals surface area contributed by atoms with Gasteiger partial charge in [-0.05, 0) is 26.0 Å². The predicted octanol–water partition coefficient (Wildman–Crippen LogP) is 5.03. The Morgan fingerprint density at radius 1 is 1.07 bits per heavy atom.